The fourth-order valence-corrected chi connectivity index (χ4v) is 3.61. The van der Waals surface area contributed by atoms with Gasteiger partial charge in [0.2, 0.25) is 5.91 Å². The lowest BCUT2D eigenvalue weighted by Crippen LogP contribution is -2.14. The summed E-state index contributed by atoms with van der Waals surface area (Å²) >= 11 is 2.99. The van der Waals surface area contributed by atoms with Gasteiger partial charge in [-0.15, -0.1) is 11.3 Å². The van der Waals surface area contributed by atoms with Crippen molar-refractivity contribution in [3.63, 3.8) is 0 Å². The van der Waals surface area contributed by atoms with Gasteiger partial charge in [0, 0.05) is 29.2 Å². The third-order valence-corrected chi connectivity index (χ3v) is 5.09. The number of ether oxygens (including phenoxy) is 2. The molecule has 3 rings (SSSR count). The lowest BCUT2D eigenvalue weighted by atomic mass is 10.2. The van der Waals surface area contributed by atoms with Crippen LogP contribution in [0.3, 0.4) is 0 Å². The number of aromatic nitrogens is 1. The molecule has 0 unspecified atom stereocenters. The molecule has 1 N–H and O–H groups in total. The monoisotopic (exact) mass is 336 g/mol. The van der Waals surface area contributed by atoms with Crippen molar-refractivity contribution in [3.05, 3.63) is 29.3 Å². The minimum absolute atomic E-state index is 0.0626. The average molecular weight is 336 g/mol. The van der Waals surface area contributed by atoms with E-state index >= 15 is 0 Å². The molecule has 2 aromatic rings. The summed E-state index contributed by atoms with van der Waals surface area (Å²) in [5.41, 5.74) is 1.70. The van der Waals surface area contributed by atoms with Gasteiger partial charge in [0.15, 0.2) is 15.8 Å². The molecule has 1 aliphatic heterocycles. The van der Waals surface area contributed by atoms with Crippen LogP contribution in [0.4, 0.5) is 5.69 Å². The lowest BCUT2D eigenvalue weighted by molar-refractivity contribution is -0.113. The van der Waals surface area contributed by atoms with Gasteiger partial charge in [-0.1, -0.05) is 11.8 Å². The second-order valence-corrected chi connectivity index (χ2v) is 6.88. The molecule has 7 heteroatoms. The second-order valence-electron chi connectivity index (χ2n) is 4.80. The number of amides is 1. The van der Waals surface area contributed by atoms with Crippen molar-refractivity contribution in [1.29, 1.82) is 0 Å². The summed E-state index contributed by atoms with van der Waals surface area (Å²) in [4.78, 5) is 16.3. The molecule has 116 valence electrons. The highest BCUT2D eigenvalue weighted by Gasteiger charge is 2.12. The number of rotatable bonds is 4. The summed E-state index contributed by atoms with van der Waals surface area (Å²) in [6.45, 7) is 3.23. The van der Waals surface area contributed by atoms with E-state index in [2.05, 4.69) is 10.3 Å². The number of hydrogen-bond acceptors (Lipinski definition) is 6. The van der Waals surface area contributed by atoms with Gasteiger partial charge >= 0.3 is 0 Å². The van der Waals surface area contributed by atoms with E-state index < -0.39 is 0 Å². The van der Waals surface area contributed by atoms with Crippen LogP contribution in [0.5, 0.6) is 11.5 Å². The van der Waals surface area contributed by atoms with Crippen molar-refractivity contribution in [3.8, 4) is 11.5 Å². The lowest BCUT2D eigenvalue weighted by Gasteiger charge is -2.10. The summed E-state index contributed by atoms with van der Waals surface area (Å²) in [7, 11) is 0. The molecule has 5 nitrogen and oxygen atoms in total. The molecule has 0 radical (unpaired) electrons. The molecule has 22 heavy (non-hydrogen) atoms. The van der Waals surface area contributed by atoms with Gasteiger partial charge in [0.1, 0.15) is 0 Å². The number of anilines is 1. The minimum Gasteiger partial charge on any atom is -0.490 e. The van der Waals surface area contributed by atoms with Crippen molar-refractivity contribution in [2.75, 3.05) is 24.3 Å². The third-order valence-electron chi connectivity index (χ3n) is 2.96. The van der Waals surface area contributed by atoms with Crippen LogP contribution in [0, 0.1) is 6.92 Å². The van der Waals surface area contributed by atoms with E-state index in [1.807, 2.05) is 24.4 Å². The standard InChI is InChI=1S/C15H16N2O3S2/c1-10-8-21-15(16-10)22-9-14(18)17-11-3-4-12-13(7-11)20-6-2-5-19-12/h3-4,7-8H,2,5-6,9H2,1H3,(H,17,18). The largest absolute Gasteiger partial charge is 0.490 e. The van der Waals surface area contributed by atoms with Crippen LogP contribution < -0.4 is 14.8 Å². The zero-order valence-corrected chi connectivity index (χ0v) is 13.8. The first-order chi connectivity index (χ1) is 10.7. The Morgan fingerprint density at radius 3 is 2.95 bits per heavy atom. The molecule has 1 amide bonds. The van der Waals surface area contributed by atoms with Crippen LogP contribution in [-0.2, 0) is 4.79 Å². The molecule has 1 aromatic carbocycles. The smallest absolute Gasteiger partial charge is 0.234 e. The van der Waals surface area contributed by atoms with Crippen LogP contribution in [-0.4, -0.2) is 29.9 Å². The first-order valence-electron chi connectivity index (χ1n) is 6.95. The Morgan fingerprint density at radius 2 is 2.18 bits per heavy atom. The van der Waals surface area contributed by atoms with E-state index in [9.17, 15) is 4.79 Å². The van der Waals surface area contributed by atoms with Crippen LogP contribution in [0.25, 0.3) is 0 Å². The number of thioether (sulfide) groups is 1. The fourth-order valence-electron chi connectivity index (χ4n) is 1.96. The highest BCUT2D eigenvalue weighted by Crippen LogP contribution is 2.32. The predicted molar refractivity (Wildman–Crippen MR) is 88.3 cm³/mol. The van der Waals surface area contributed by atoms with E-state index in [4.69, 9.17) is 9.47 Å². The Hall–Kier alpha value is -1.73. The number of fused-ring (bicyclic) bond motifs is 1. The van der Waals surface area contributed by atoms with Gasteiger partial charge in [-0.25, -0.2) is 4.98 Å². The minimum atomic E-state index is -0.0626. The van der Waals surface area contributed by atoms with Crippen LogP contribution in [0.15, 0.2) is 27.9 Å². The number of aryl methyl sites for hydroxylation is 1. The maximum absolute atomic E-state index is 12.0. The number of nitrogens with one attached hydrogen (secondary N) is 1. The molecule has 0 spiro atoms. The Kier molecular flexibility index (Phi) is 4.84. The molecule has 2 heterocycles. The van der Waals surface area contributed by atoms with Gasteiger partial charge < -0.3 is 14.8 Å². The van der Waals surface area contributed by atoms with Gasteiger partial charge in [0.25, 0.3) is 0 Å². The first-order valence-corrected chi connectivity index (χ1v) is 8.82. The quantitative estimate of drug-likeness (QED) is 0.868. The molecular formula is C15H16N2O3S2. The Balaban J connectivity index is 1.58. The predicted octanol–water partition coefficient (Wildman–Crippen LogP) is 3.34. The number of thiazole rings is 1. The van der Waals surface area contributed by atoms with Gasteiger partial charge in [0.05, 0.1) is 19.0 Å². The number of carbonyl (C=O) groups is 1. The maximum atomic E-state index is 12.0. The maximum Gasteiger partial charge on any atom is 0.234 e. The molecule has 0 bridgehead atoms. The Bertz CT molecular complexity index is 673. The fraction of sp³-hybridized carbons (Fsp3) is 0.333. The van der Waals surface area contributed by atoms with Gasteiger partial charge in [-0.2, -0.15) is 0 Å². The number of nitrogens with zero attached hydrogens (tertiary/aromatic N) is 1. The summed E-state index contributed by atoms with van der Waals surface area (Å²) in [5.74, 6) is 1.68. The molecule has 0 aliphatic carbocycles. The van der Waals surface area contributed by atoms with E-state index in [0.717, 1.165) is 22.2 Å². The molecular weight excluding hydrogens is 320 g/mol. The summed E-state index contributed by atoms with van der Waals surface area (Å²) in [5, 5.41) is 4.85. The number of hydrogen-bond donors (Lipinski definition) is 1. The van der Waals surface area contributed by atoms with Crippen molar-refractivity contribution >= 4 is 34.7 Å². The van der Waals surface area contributed by atoms with Crippen LogP contribution >= 0.6 is 23.1 Å². The molecule has 0 saturated heterocycles. The summed E-state index contributed by atoms with van der Waals surface area (Å²) in [6.07, 6.45) is 0.861. The first kappa shape index (κ1) is 15.2. The third kappa shape index (κ3) is 3.92. The second kappa shape index (κ2) is 7.02. The Morgan fingerprint density at radius 1 is 1.36 bits per heavy atom. The van der Waals surface area contributed by atoms with Crippen LogP contribution in [0.1, 0.15) is 12.1 Å². The van der Waals surface area contributed by atoms with E-state index in [1.54, 1.807) is 17.4 Å². The molecule has 1 aromatic heterocycles. The highest BCUT2D eigenvalue weighted by molar-refractivity contribution is 8.01. The zero-order valence-electron chi connectivity index (χ0n) is 12.1. The van der Waals surface area contributed by atoms with Crippen LogP contribution in [0.2, 0.25) is 0 Å². The molecule has 0 saturated carbocycles. The Labute approximate surface area is 137 Å². The van der Waals surface area contributed by atoms with Crippen molar-refractivity contribution in [1.82, 2.24) is 4.98 Å². The zero-order chi connectivity index (χ0) is 15.4. The van der Waals surface area contributed by atoms with Crippen molar-refractivity contribution in [2.24, 2.45) is 0 Å². The van der Waals surface area contributed by atoms with E-state index in [1.165, 1.54) is 11.8 Å². The summed E-state index contributed by atoms with van der Waals surface area (Å²) < 4.78 is 12.1. The molecule has 0 atom stereocenters. The number of carbonyl (C=O) groups excluding carboxylic acids is 1. The highest BCUT2D eigenvalue weighted by atomic mass is 32.2. The van der Waals surface area contributed by atoms with Gasteiger partial charge in [-0.3, -0.25) is 4.79 Å². The number of benzene rings is 1. The molecule has 0 fully saturated rings. The summed E-state index contributed by atoms with van der Waals surface area (Å²) in [6, 6.07) is 5.45. The van der Waals surface area contributed by atoms with Crippen molar-refractivity contribution < 1.29 is 14.3 Å². The van der Waals surface area contributed by atoms with E-state index in [0.29, 0.717) is 30.4 Å². The van der Waals surface area contributed by atoms with E-state index in [-0.39, 0.29) is 5.91 Å². The van der Waals surface area contributed by atoms with Crippen molar-refractivity contribution in [2.45, 2.75) is 17.7 Å². The van der Waals surface area contributed by atoms with Gasteiger partial charge in [-0.05, 0) is 19.1 Å². The molecule has 1 aliphatic rings. The normalized spacial score (nSPS) is 13.5. The average Bonchev–Trinajstić information content (AvgIpc) is 2.78. The SMILES string of the molecule is Cc1csc(SCC(=O)Nc2ccc3c(c2)OCCCO3)n1. The topological polar surface area (TPSA) is 60.5 Å².